The number of aromatic amines is 1. The Kier molecular flexibility index (Phi) is 2.94. The van der Waals surface area contributed by atoms with Crippen molar-refractivity contribution in [2.45, 2.75) is 0 Å². The summed E-state index contributed by atoms with van der Waals surface area (Å²) in [5, 5.41) is 1.66. The van der Waals surface area contributed by atoms with Gasteiger partial charge in [-0.15, -0.1) is 0 Å². The van der Waals surface area contributed by atoms with Gasteiger partial charge in [0, 0.05) is 16.3 Å². The van der Waals surface area contributed by atoms with Crippen molar-refractivity contribution in [2.24, 2.45) is 0 Å². The number of fused-ring (bicyclic) bond motifs is 4. The molecule has 5 rings (SSSR count). The Hall–Kier alpha value is -3.46. The van der Waals surface area contributed by atoms with Crippen LogP contribution in [0.3, 0.4) is 0 Å². The van der Waals surface area contributed by atoms with E-state index in [0.29, 0.717) is 16.5 Å². The fourth-order valence-corrected chi connectivity index (χ4v) is 3.44. The molecule has 2 heterocycles. The topological polar surface area (TPSA) is 45.8 Å². The summed E-state index contributed by atoms with van der Waals surface area (Å²) in [6.07, 6.45) is 0. The largest absolute Gasteiger partial charge is 0.353 e. The summed E-state index contributed by atoms with van der Waals surface area (Å²) in [5.74, 6) is 0. The SMILES string of the molecule is O=c1c(-c2ccccc2)c2[nH]c3ccccc3c2nc2ccccc12. The molecule has 0 saturated heterocycles. The molecule has 0 unspecified atom stereocenters. The van der Waals surface area contributed by atoms with Crippen molar-refractivity contribution >= 4 is 32.8 Å². The van der Waals surface area contributed by atoms with Crippen LogP contribution in [0.5, 0.6) is 0 Å². The average molecular weight is 322 g/mol. The van der Waals surface area contributed by atoms with Crippen LogP contribution in [0.25, 0.3) is 44.0 Å². The first-order valence-electron chi connectivity index (χ1n) is 8.22. The third-order valence-corrected chi connectivity index (χ3v) is 4.60. The van der Waals surface area contributed by atoms with E-state index in [1.807, 2.05) is 78.9 Å². The van der Waals surface area contributed by atoms with E-state index in [2.05, 4.69) is 4.98 Å². The van der Waals surface area contributed by atoms with Gasteiger partial charge in [0.2, 0.25) is 0 Å². The minimum Gasteiger partial charge on any atom is -0.353 e. The van der Waals surface area contributed by atoms with Crippen LogP contribution in [0, 0.1) is 0 Å². The highest BCUT2D eigenvalue weighted by Crippen LogP contribution is 2.30. The summed E-state index contributed by atoms with van der Waals surface area (Å²) in [4.78, 5) is 21.6. The molecule has 0 aliphatic carbocycles. The van der Waals surface area contributed by atoms with Crippen molar-refractivity contribution in [1.29, 1.82) is 0 Å². The van der Waals surface area contributed by atoms with Crippen molar-refractivity contribution in [3.05, 3.63) is 89.1 Å². The summed E-state index contributed by atoms with van der Waals surface area (Å²) in [7, 11) is 0. The van der Waals surface area contributed by atoms with Crippen LogP contribution in [0.15, 0.2) is 83.7 Å². The number of hydrogen-bond acceptors (Lipinski definition) is 2. The van der Waals surface area contributed by atoms with Gasteiger partial charge in [-0.05, 0) is 23.8 Å². The molecule has 0 fully saturated rings. The molecule has 0 atom stereocenters. The third-order valence-electron chi connectivity index (χ3n) is 4.60. The van der Waals surface area contributed by atoms with Crippen LogP contribution in [0.1, 0.15) is 0 Å². The van der Waals surface area contributed by atoms with Crippen molar-refractivity contribution < 1.29 is 0 Å². The van der Waals surface area contributed by atoms with Gasteiger partial charge >= 0.3 is 0 Å². The van der Waals surface area contributed by atoms with Gasteiger partial charge in [0.05, 0.1) is 22.1 Å². The second kappa shape index (κ2) is 5.28. The van der Waals surface area contributed by atoms with Crippen molar-refractivity contribution in [1.82, 2.24) is 9.97 Å². The normalized spacial score (nSPS) is 11.4. The fraction of sp³-hybridized carbons (Fsp3) is 0. The molecular weight excluding hydrogens is 308 g/mol. The minimum absolute atomic E-state index is 0.00384. The highest BCUT2D eigenvalue weighted by Gasteiger charge is 2.15. The van der Waals surface area contributed by atoms with E-state index < -0.39 is 0 Å². The van der Waals surface area contributed by atoms with E-state index in [-0.39, 0.29) is 5.43 Å². The van der Waals surface area contributed by atoms with E-state index in [1.165, 1.54) is 0 Å². The molecule has 2 aromatic heterocycles. The van der Waals surface area contributed by atoms with Gasteiger partial charge in [0.25, 0.3) is 0 Å². The Morgan fingerprint density at radius 3 is 2.24 bits per heavy atom. The van der Waals surface area contributed by atoms with Gasteiger partial charge in [-0.25, -0.2) is 4.98 Å². The Labute approximate surface area is 143 Å². The van der Waals surface area contributed by atoms with E-state index in [9.17, 15) is 4.79 Å². The fourth-order valence-electron chi connectivity index (χ4n) is 3.44. The maximum absolute atomic E-state index is 13.4. The molecule has 0 spiro atoms. The molecule has 0 amide bonds. The molecule has 118 valence electrons. The van der Waals surface area contributed by atoms with E-state index >= 15 is 0 Å². The summed E-state index contributed by atoms with van der Waals surface area (Å²) in [6, 6.07) is 25.4. The first-order chi connectivity index (χ1) is 12.3. The van der Waals surface area contributed by atoms with Crippen LogP contribution < -0.4 is 5.43 Å². The van der Waals surface area contributed by atoms with Crippen LogP contribution in [-0.4, -0.2) is 9.97 Å². The van der Waals surface area contributed by atoms with Gasteiger partial charge in [0.1, 0.15) is 0 Å². The molecule has 0 bridgehead atoms. The highest BCUT2D eigenvalue weighted by atomic mass is 16.1. The average Bonchev–Trinajstić information content (AvgIpc) is 2.95. The maximum Gasteiger partial charge on any atom is 0.197 e. The third kappa shape index (κ3) is 2.06. The number of nitrogens with zero attached hydrogens (tertiary/aromatic N) is 1. The minimum atomic E-state index is -0.00384. The Morgan fingerprint density at radius 1 is 0.720 bits per heavy atom. The number of para-hydroxylation sites is 2. The molecule has 0 radical (unpaired) electrons. The first-order valence-corrected chi connectivity index (χ1v) is 8.22. The van der Waals surface area contributed by atoms with Gasteiger partial charge in [-0.1, -0.05) is 60.7 Å². The summed E-state index contributed by atoms with van der Waals surface area (Å²) < 4.78 is 0. The zero-order valence-electron chi connectivity index (χ0n) is 13.4. The van der Waals surface area contributed by atoms with Crippen molar-refractivity contribution in [3.63, 3.8) is 0 Å². The lowest BCUT2D eigenvalue weighted by atomic mass is 10.0. The van der Waals surface area contributed by atoms with Crippen LogP contribution in [0.2, 0.25) is 0 Å². The summed E-state index contributed by atoms with van der Waals surface area (Å²) >= 11 is 0. The van der Waals surface area contributed by atoms with Crippen LogP contribution in [0.4, 0.5) is 0 Å². The van der Waals surface area contributed by atoms with E-state index in [4.69, 9.17) is 4.98 Å². The smallest absolute Gasteiger partial charge is 0.197 e. The standard InChI is InChI=1S/C22H14N2O/c25-22-16-11-5-7-13-18(16)23-20-15-10-4-6-12-17(15)24-21(20)19(22)14-8-2-1-3-9-14/h1-13,24H. The lowest BCUT2D eigenvalue weighted by Gasteiger charge is -1.99. The highest BCUT2D eigenvalue weighted by molar-refractivity contribution is 6.11. The van der Waals surface area contributed by atoms with Crippen LogP contribution in [-0.2, 0) is 0 Å². The van der Waals surface area contributed by atoms with Crippen LogP contribution >= 0.6 is 0 Å². The number of aromatic nitrogens is 2. The lowest BCUT2D eigenvalue weighted by molar-refractivity contribution is 1.52. The Bertz CT molecular complexity index is 1300. The second-order valence-electron chi connectivity index (χ2n) is 6.09. The maximum atomic E-state index is 13.4. The quantitative estimate of drug-likeness (QED) is 0.477. The molecule has 25 heavy (non-hydrogen) atoms. The van der Waals surface area contributed by atoms with Gasteiger partial charge < -0.3 is 4.98 Å². The summed E-state index contributed by atoms with van der Waals surface area (Å²) in [5.41, 5.74) is 4.87. The number of benzene rings is 3. The number of hydrogen-bond donors (Lipinski definition) is 1. The second-order valence-corrected chi connectivity index (χ2v) is 6.09. The van der Waals surface area contributed by atoms with Crippen molar-refractivity contribution in [3.8, 4) is 11.1 Å². The predicted octanol–water partition coefficient (Wildman–Crippen LogP) is 4.90. The predicted molar refractivity (Wildman–Crippen MR) is 103 cm³/mol. The number of nitrogens with one attached hydrogen (secondary N) is 1. The van der Waals surface area contributed by atoms with E-state index in [0.717, 1.165) is 27.5 Å². The lowest BCUT2D eigenvalue weighted by Crippen LogP contribution is -2.02. The Morgan fingerprint density at radius 2 is 1.40 bits per heavy atom. The molecular formula is C22H14N2O. The summed E-state index contributed by atoms with van der Waals surface area (Å²) in [6.45, 7) is 0. The molecule has 0 saturated carbocycles. The number of rotatable bonds is 1. The van der Waals surface area contributed by atoms with Crippen molar-refractivity contribution in [2.75, 3.05) is 0 Å². The molecule has 1 N–H and O–H groups in total. The molecule has 3 aromatic carbocycles. The molecule has 0 aliphatic rings. The Balaban J connectivity index is 2.12. The first kappa shape index (κ1) is 13.9. The van der Waals surface area contributed by atoms with Gasteiger partial charge in [-0.2, -0.15) is 0 Å². The molecule has 3 heteroatoms. The molecule has 5 aromatic rings. The monoisotopic (exact) mass is 322 g/mol. The van der Waals surface area contributed by atoms with Gasteiger partial charge in [0.15, 0.2) is 5.43 Å². The molecule has 3 nitrogen and oxygen atoms in total. The zero-order valence-corrected chi connectivity index (χ0v) is 13.4. The molecule has 0 aliphatic heterocycles. The van der Waals surface area contributed by atoms with E-state index in [1.54, 1.807) is 0 Å². The number of H-pyrrole nitrogens is 1. The zero-order chi connectivity index (χ0) is 16.8. The van der Waals surface area contributed by atoms with Gasteiger partial charge in [-0.3, -0.25) is 4.79 Å².